The molecule has 156 valence electrons. The number of amides is 1. The molecule has 0 radical (unpaired) electrons. The van der Waals surface area contributed by atoms with Gasteiger partial charge in [-0.2, -0.15) is 0 Å². The molecular formula is C22H21FN2O4S. The minimum atomic E-state index is -3.75. The Hall–Kier alpha value is -3.39. The Morgan fingerprint density at radius 2 is 1.57 bits per heavy atom. The summed E-state index contributed by atoms with van der Waals surface area (Å²) < 4.78 is 44.8. The topological polar surface area (TPSA) is 75.7 Å². The van der Waals surface area contributed by atoms with Gasteiger partial charge in [-0.1, -0.05) is 12.1 Å². The van der Waals surface area contributed by atoms with E-state index in [0.717, 1.165) is 9.87 Å². The van der Waals surface area contributed by atoms with Crippen molar-refractivity contribution < 1.29 is 22.3 Å². The first-order valence-electron chi connectivity index (χ1n) is 9.07. The molecule has 0 saturated heterocycles. The molecule has 0 spiro atoms. The van der Waals surface area contributed by atoms with Gasteiger partial charge in [-0.3, -0.25) is 9.10 Å². The van der Waals surface area contributed by atoms with E-state index in [1.807, 2.05) is 0 Å². The van der Waals surface area contributed by atoms with E-state index in [9.17, 15) is 17.6 Å². The summed E-state index contributed by atoms with van der Waals surface area (Å²) in [6.45, 7) is 0.257. The van der Waals surface area contributed by atoms with Crippen molar-refractivity contribution in [3.63, 3.8) is 0 Å². The fraction of sp³-hybridized carbons (Fsp3) is 0.136. The number of sulfonamides is 1. The van der Waals surface area contributed by atoms with E-state index in [4.69, 9.17) is 4.74 Å². The van der Waals surface area contributed by atoms with Gasteiger partial charge in [-0.05, 0) is 66.2 Å². The quantitative estimate of drug-likeness (QED) is 0.624. The predicted octanol–water partition coefficient (Wildman–Crippen LogP) is 3.59. The number of halogens is 1. The van der Waals surface area contributed by atoms with Gasteiger partial charge < -0.3 is 10.1 Å². The number of hydrogen-bond donors (Lipinski definition) is 1. The van der Waals surface area contributed by atoms with Crippen molar-refractivity contribution in [3.8, 4) is 5.75 Å². The average Bonchev–Trinajstić information content (AvgIpc) is 2.78. The number of nitrogens with zero attached hydrogens (tertiary/aromatic N) is 1. The number of benzene rings is 3. The third-order valence-corrected chi connectivity index (χ3v) is 6.38. The predicted molar refractivity (Wildman–Crippen MR) is 113 cm³/mol. The summed E-state index contributed by atoms with van der Waals surface area (Å²) in [6, 6.07) is 18.2. The first-order chi connectivity index (χ1) is 14.3. The lowest BCUT2D eigenvalue weighted by Crippen LogP contribution is -2.27. The maximum absolute atomic E-state index is 12.9. The molecule has 6 nitrogen and oxygen atoms in total. The fourth-order valence-corrected chi connectivity index (χ4v) is 3.95. The second-order valence-electron chi connectivity index (χ2n) is 6.50. The van der Waals surface area contributed by atoms with Gasteiger partial charge >= 0.3 is 0 Å². The highest BCUT2D eigenvalue weighted by molar-refractivity contribution is 7.92. The third-order valence-electron chi connectivity index (χ3n) is 4.58. The van der Waals surface area contributed by atoms with Gasteiger partial charge in [0.05, 0.1) is 17.7 Å². The molecule has 1 amide bonds. The lowest BCUT2D eigenvalue weighted by molar-refractivity contribution is 0.0951. The number of hydrogen-bond acceptors (Lipinski definition) is 4. The molecule has 0 unspecified atom stereocenters. The monoisotopic (exact) mass is 428 g/mol. The van der Waals surface area contributed by atoms with E-state index in [-0.39, 0.29) is 23.2 Å². The molecule has 0 heterocycles. The Morgan fingerprint density at radius 3 is 2.13 bits per heavy atom. The van der Waals surface area contributed by atoms with E-state index >= 15 is 0 Å². The molecule has 0 aliphatic carbocycles. The van der Waals surface area contributed by atoms with Crippen LogP contribution < -0.4 is 14.4 Å². The highest BCUT2D eigenvalue weighted by Crippen LogP contribution is 2.24. The average molecular weight is 428 g/mol. The van der Waals surface area contributed by atoms with Gasteiger partial charge in [0, 0.05) is 19.2 Å². The molecule has 8 heteroatoms. The van der Waals surface area contributed by atoms with Gasteiger partial charge in [0.1, 0.15) is 11.6 Å². The van der Waals surface area contributed by atoms with Gasteiger partial charge in [0.2, 0.25) is 0 Å². The third kappa shape index (κ3) is 4.77. The summed E-state index contributed by atoms with van der Waals surface area (Å²) >= 11 is 0. The van der Waals surface area contributed by atoms with Gasteiger partial charge in [-0.15, -0.1) is 0 Å². The smallest absolute Gasteiger partial charge is 0.264 e. The van der Waals surface area contributed by atoms with Crippen LogP contribution in [0.15, 0.2) is 77.7 Å². The summed E-state index contributed by atoms with van der Waals surface area (Å²) in [7, 11) is -0.799. The minimum Gasteiger partial charge on any atom is -0.497 e. The summed E-state index contributed by atoms with van der Waals surface area (Å²) in [5.74, 6) is -0.0893. The van der Waals surface area contributed by atoms with Crippen molar-refractivity contribution in [1.82, 2.24) is 5.32 Å². The number of rotatable bonds is 7. The number of carbonyl (C=O) groups is 1. The zero-order chi connectivity index (χ0) is 21.7. The Balaban J connectivity index is 1.68. The number of anilines is 1. The maximum Gasteiger partial charge on any atom is 0.264 e. The van der Waals surface area contributed by atoms with Crippen LogP contribution in [-0.4, -0.2) is 28.5 Å². The second kappa shape index (κ2) is 8.96. The van der Waals surface area contributed by atoms with Gasteiger partial charge in [0.25, 0.3) is 15.9 Å². The van der Waals surface area contributed by atoms with Crippen LogP contribution in [0.25, 0.3) is 0 Å². The molecule has 0 atom stereocenters. The van der Waals surface area contributed by atoms with Crippen molar-refractivity contribution in [2.24, 2.45) is 0 Å². The van der Waals surface area contributed by atoms with Crippen LogP contribution in [0.5, 0.6) is 5.75 Å². The van der Waals surface area contributed by atoms with Crippen molar-refractivity contribution in [2.75, 3.05) is 18.5 Å². The lowest BCUT2D eigenvalue weighted by atomic mass is 10.1. The van der Waals surface area contributed by atoms with Crippen molar-refractivity contribution >= 4 is 21.6 Å². The zero-order valence-electron chi connectivity index (χ0n) is 16.5. The van der Waals surface area contributed by atoms with Crippen LogP contribution in [0.4, 0.5) is 10.1 Å². The van der Waals surface area contributed by atoms with Crippen LogP contribution >= 0.6 is 0 Å². The van der Waals surface area contributed by atoms with E-state index in [1.54, 1.807) is 48.5 Å². The molecule has 0 fully saturated rings. The Kier molecular flexibility index (Phi) is 6.37. The number of nitrogens with one attached hydrogen (secondary N) is 1. The lowest BCUT2D eigenvalue weighted by Gasteiger charge is -2.20. The first kappa shape index (κ1) is 21.3. The van der Waals surface area contributed by atoms with Crippen LogP contribution in [0.2, 0.25) is 0 Å². The molecular weight excluding hydrogens is 407 g/mol. The molecule has 0 bridgehead atoms. The SMILES string of the molecule is COc1ccc(S(=O)(=O)N(C)c2ccc(C(=O)NCc3ccc(F)cc3)cc2)cc1. The van der Waals surface area contributed by atoms with E-state index in [2.05, 4.69) is 5.32 Å². The van der Waals surface area contributed by atoms with Crippen LogP contribution in [0.1, 0.15) is 15.9 Å². The van der Waals surface area contributed by atoms with E-state index in [0.29, 0.717) is 17.0 Å². The molecule has 0 aliphatic rings. The summed E-state index contributed by atoms with van der Waals surface area (Å²) in [4.78, 5) is 12.4. The van der Waals surface area contributed by atoms with Crippen LogP contribution in [0, 0.1) is 5.82 Å². The molecule has 0 saturated carbocycles. The number of carbonyl (C=O) groups excluding carboxylic acids is 1. The van der Waals surface area contributed by atoms with Gasteiger partial charge in [-0.25, -0.2) is 12.8 Å². The molecule has 1 N–H and O–H groups in total. The highest BCUT2D eigenvalue weighted by Gasteiger charge is 2.21. The second-order valence-corrected chi connectivity index (χ2v) is 8.47. The normalized spacial score (nSPS) is 11.0. The molecule has 3 aromatic carbocycles. The van der Waals surface area contributed by atoms with E-state index < -0.39 is 10.0 Å². The van der Waals surface area contributed by atoms with Crippen molar-refractivity contribution in [3.05, 3.63) is 89.7 Å². The summed E-state index contributed by atoms with van der Waals surface area (Å²) in [5, 5.41) is 2.75. The highest BCUT2D eigenvalue weighted by atomic mass is 32.2. The minimum absolute atomic E-state index is 0.131. The molecule has 3 aromatic rings. The Morgan fingerprint density at radius 1 is 0.967 bits per heavy atom. The first-order valence-corrected chi connectivity index (χ1v) is 10.5. The number of methoxy groups -OCH3 is 1. The Labute approximate surface area is 175 Å². The molecule has 3 rings (SSSR count). The molecule has 0 aromatic heterocycles. The van der Waals surface area contributed by atoms with Crippen molar-refractivity contribution in [1.29, 1.82) is 0 Å². The van der Waals surface area contributed by atoms with Crippen LogP contribution in [-0.2, 0) is 16.6 Å². The summed E-state index contributed by atoms with van der Waals surface area (Å²) in [6.07, 6.45) is 0. The standard InChI is InChI=1S/C22H21FN2O4S/c1-25(30(27,28)21-13-11-20(29-2)12-14-21)19-9-5-17(6-10-19)22(26)24-15-16-3-7-18(23)8-4-16/h3-14H,15H2,1-2H3,(H,24,26). The summed E-state index contributed by atoms with van der Waals surface area (Å²) in [5.41, 5.74) is 1.57. The fourth-order valence-electron chi connectivity index (χ4n) is 2.75. The van der Waals surface area contributed by atoms with Gasteiger partial charge in [0.15, 0.2) is 0 Å². The van der Waals surface area contributed by atoms with Crippen LogP contribution in [0.3, 0.4) is 0 Å². The maximum atomic E-state index is 12.9. The zero-order valence-corrected chi connectivity index (χ0v) is 17.3. The number of ether oxygens (including phenoxy) is 1. The van der Waals surface area contributed by atoms with E-state index in [1.165, 1.54) is 38.4 Å². The largest absolute Gasteiger partial charge is 0.497 e. The van der Waals surface area contributed by atoms with Crippen molar-refractivity contribution in [2.45, 2.75) is 11.4 Å². The Bertz CT molecular complexity index is 1110. The molecule has 0 aliphatic heterocycles. The molecule has 30 heavy (non-hydrogen) atoms.